The topological polar surface area (TPSA) is 78.4 Å². The zero-order chi connectivity index (χ0) is 21.9. The summed E-state index contributed by atoms with van der Waals surface area (Å²) >= 11 is 0. The largest absolute Gasteiger partial charge is 0.395 e. The van der Waals surface area contributed by atoms with E-state index in [-0.39, 0.29) is 25.0 Å². The van der Waals surface area contributed by atoms with Crippen molar-refractivity contribution >= 4 is 27.7 Å². The molecule has 4 aromatic rings. The van der Waals surface area contributed by atoms with Crippen LogP contribution < -0.4 is 5.32 Å². The van der Waals surface area contributed by atoms with Gasteiger partial charge in [0.25, 0.3) is 5.91 Å². The molecule has 0 spiro atoms. The smallest absolute Gasteiger partial charge is 0.252 e. The Morgan fingerprint density at radius 3 is 2.81 bits per heavy atom. The minimum Gasteiger partial charge on any atom is -0.395 e. The van der Waals surface area contributed by atoms with Crippen molar-refractivity contribution in [1.29, 1.82) is 0 Å². The van der Waals surface area contributed by atoms with E-state index in [1.807, 2.05) is 48.7 Å². The van der Waals surface area contributed by atoms with Gasteiger partial charge in [0, 0.05) is 48.2 Å². The SMILES string of the molecule is O=C(NCCO)c1cc([C@H]2CCN(Cc3cccc4ncccc34)C2)nc2ccccc12. The Bertz CT molecular complexity index is 1270. The molecule has 2 aromatic carbocycles. The quantitative estimate of drug-likeness (QED) is 0.493. The molecule has 1 fully saturated rings. The van der Waals surface area contributed by atoms with Crippen molar-refractivity contribution in [2.24, 2.45) is 0 Å². The molecule has 1 aliphatic heterocycles. The Morgan fingerprint density at radius 1 is 1.06 bits per heavy atom. The number of para-hydroxylation sites is 1. The highest BCUT2D eigenvalue weighted by molar-refractivity contribution is 6.06. The van der Waals surface area contributed by atoms with E-state index in [9.17, 15) is 4.79 Å². The molecule has 0 bridgehead atoms. The highest BCUT2D eigenvalue weighted by atomic mass is 16.3. The second-order valence-electron chi connectivity index (χ2n) is 8.30. The first-order chi connectivity index (χ1) is 15.7. The molecule has 1 saturated heterocycles. The number of amides is 1. The van der Waals surface area contributed by atoms with Gasteiger partial charge in [-0.05, 0) is 42.8 Å². The maximum atomic E-state index is 12.7. The van der Waals surface area contributed by atoms with Crippen molar-refractivity contribution in [2.45, 2.75) is 18.9 Å². The first-order valence-corrected chi connectivity index (χ1v) is 11.1. The first-order valence-electron chi connectivity index (χ1n) is 11.1. The van der Waals surface area contributed by atoms with Gasteiger partial charge < -0.3 is 10.4 Å². The van der Waals surface area contributed by atoms with Crippen LogP contribution >= 0.6 is 0 Å². The van der Waals surface area contributed by atoms with Gasteiger partial charge in [-0.25, -0.2) is 0 Å². The monoisotopic (exact) mass is 426 g/mol. The summed E-state index contributed by atoms with van der Waals surface area (Å²) in [5.41, 5.74) is 4.72. The van der Waals surface area contributed by atoms with Crippen molar-refractivity contribution < 1.29 is 9.90 Å². The molecule has 0 radical (unpaired) electrons. The van der Waals surface area contributed by atoms with Crippen LogP contribution in [0, 0.1) is 0 Å². The number of aliphatic hydroxyl groups excluding tert-OH is 1. The third-order valence-corrected chi connectivity index (χ3v) is 6.20. The van der Waals surface area contributed by atoms with E-state index in [0.717, 1.165) is 48.2 Å². The summed E-state index contributed by atoms with van der Waals surface area (Å²) in [6.45, 7) is 2.92. The summed E-state index contributed by atoms with van der Waals surface area (Å²) in [5, 5.41) is 13.9. The molecule has 1 atom stereocenters. The van der Waals surface area contributed by atoms with Gasteiger partial charge in [-0.15, -0.1) is 0 Å². The Hall–Kier alpha value is -3.35. The lowest BCUT2D eigenvalue weighted by molar-refractivity contribution is 0.0946. The highest BCUT2D eigenvalue weighted by Crippen LogP contribution is 2.31. The van der Waals surface area contributed by atoms with Gasteiger partial charge in [-0.1, -0.05) is 36.4 Å². The van der Waals surface area contributed by atoms with E-state index in [1.54, 1.807) is 0 Å². The van der Waals surface area contributed by atoms with Gasteiger partial charge in [-0.3, -0.25) is 19.7 Å². The van der Waals surface area contributed by atoms with E-state index < -0.39 is 0 Å². The number of aromatic nitrogens is 2. The molecule has 0 unspecified atom stereocenters. The van der Waals surface area contributed by atoms with Crippen molar-refractivity contribution in [3.05, 3.63) is 83.7 Å². The lowest BCUT2D eigenvalue weighted by Crippen LogP contribution is -2.27. The van der Waals surface area contributed by atoms with Crippen molar-refractivity contribution in [2.75, 3.05) is 26.2 Å². The van der Waals surface area contributed by atoms with E-state index in [1.165, 1.54) is 10.9 Å². The summed E-state index contributed by atoms with van der Waals surface area (Å²) in [6, 6.07) is 20.1. The molecular formula is C26H26N4O2. The average molecular weight is 427 g/mol. The van der Waals surface area contributed by atoms with Crippen LogP contribution in [0.1, 0.15) is 34.0 Å². The molecule has 162 valence electrons. The van der Waals surface area contributed by atoms with Crippen LogP contribution in [0.3, 0.4) is 0 Å². The fraction of sp³-hybridized carbons (Fsp3) is 0.269. The minimum absolute atomic E-state index is 0.0805. The predicted octanol–water partition coefficient (Wildman–Crippen LogP) is 3.49. The Morgan fingerprint density at radius 2 is 1.91 bits per heavy atom. The number of nitrogens with one attached hydrogen (secondary N) is 1. The van der Waals surface area contributed by atoms with Crippen LogP contribution in [0.2, 0.25) is 0 Å². The predicted molar refractivity (Wildman–Crippen MR) is 126 cm³/mol. The van der Waals surface area contributed by atoms with Gasteiger partial charge >= 0.3 is 0 Å². The van der Waals surface area contributed by atoms with Gasteiger partial charge in [0.15, 0.2) is 0 Å². The first kappa shape index (κ1) is 20.5. The third-order valence-electron chi connectivity index (χ3n) is 6.20. The van der Waals surface area contributed by atoms with Crippen molar-refractivity contribution in [1.82, 2.24) is 20.2 Å². The molecule has 0 saturated carbocycles. The molecule has 1 amide bonds. The summed E-state index contributed by atoms with van der Waals surface area (Å²) in [7, 11) is 0. The summed E-state index contributed by atoms with van der Waals surface area (Å²) < 4.78 is 0. The Balaban J connectivity index is 1.40. The number of benzene rings is 2. The number of rotatable bonds is 6. The van der Waals surface area contributed by atoms with Gasteiger partial charge in [0.2, 0.25) is 0 Å². The van der Waals surface area contributed by atoms with Crippen LogP contribution in [-0.2, 0) is 6.54 Å². The number of hydrogen-bond acceptors (Lipinski definition) is 5. The van der Waals surface area contributed by atoms with E-state index in [0.29, 0.717) is 5.56 Å². The third kappa shape index (κ3) is 4.07. The maximum absolute atomic E-state index is 12.7. The molecule has 3 heterocycles. The summed E-state index contributed by atoms with van der Waals surface area (Å²) in [4.78, 5) is 24.6. The Kier molecular flexibility index (Phi) is 5.79. The summed E-state index contributed by atoms with van der Waals surface area (Å²) in [6.07, 6.45) is 2.84. The zero-order valence-corrected chi connectivity index (χ0v) is 17.9. The van der Waals surface area contributed by atoms with Crippen LogP contribution in [0.15, 0.2) is 66.9 Å². The molecule has 6 nitrogen and oxygen atoms in total. The number of pyridine rings is 2. The second-order valence-corrected chi connectivity index (χ2v) is 8.30. The van der Waals surface area contributed by atoms with Crippen LogP contribution in [-0.4, -0.2) is 52.1 Å². The van der Waals surface area contributed by atoms with Crippen molar-refractivity contribution in [3.63, 3.8) is 0 Å². The van der Waals surface area contributed by atoms with Crippen molar-refractivity contribution in [3.8, 4) is 0 Å². The fourth-order valence-electron chi connectivity index (χ4n) is 4.62. The zero-order valence-electron chi connectivity index (χ0n) is 17.9. The molecule has 0 aliphatic carbocycles. The highest BCUT2D eigenvalue weighted by Gasteiger charge is 2.27. The maximum Gasteiger partial charge on any atom is 0.252 e. The fourth-order valence-corrected chi connectivity index (χ4v) is 4.62. The van der Waals surface area contributed by atoms with Crippen LogP contribution in [0.5, 0.6) is 0 Å². The van der Waals surface area contributed by atoms with Crippen LogP contribution in [0.25, 0.3) is 21.8 Å². The summed E-state index contributed by atoms with van der Waals surface area (Å²) in [5.74, 6) is 0.106. The molecule has 6 heteroatoms. The number of fused-ring (bicyclic) bond motifs is 2. The van der Waals surface area contributed by atoms with E-state index in [4.69, 9.17) is 10.1 Å². The average Bonchev–Trinajstić information content (AvgIpc) is 3.30. The van der Waals surface area contributed by atoms with E-state index >= 15 is 0 Å². The number of likely N-dealkylation sites (tertiary alicyclic amines) is 1. The molecular weight excluding hydrogens is 400 g/mol. The second kappa shape index (κ2) is 9.02. The normalized spacial score (nSPS) is 16.6. The molecule has 32 heavy (non-hydrogen) atoms. The molecule has 1 aliphatic rings. The van der Waals surface area contributed by atoms with E-state index in [2.05, 4.69) is 33.4 Å². The molecule has 2 aromatic heterocycles. The number of carbonyl (C=O) groups is 1. The van der Waals surface area contributed by atoms with Gasteiger partial charge in [0.05, 0.1) is 23.2 Å². The molecule has 5 rings (SSSR count). The van der Waals surface area contributed by atoms with Gasteiger partial charge in [-0.2, -0.15) is 0 Å². The number of hydrogen-bond donors (Lipinski definition) is 2. The van der Waals surface area contributed by atoms with Gasteiger partial charge in [0.1, 0.15) is 0 Å². The Labute approximate surface area is 186 Å². The standard InChI is InChI=1S/C26H26N4O2/c31-14-12-28-26(32)22-15-25(29-24-8-2-1-6-21(22)24)19-10-13-30(17-19)16-18-5-3-9-23-20(18)7-4-11-27-23/h1-9,11,15,19,31H,10,12-14,16-17H2,(H,28,32)/t19-/m0/s1. The number of aliphatic hydroxyl groups is 1. The minimum atomic E-state index is -0.169. The number of nitrogens with zero attached hydrogens (tertiary/aromatic N) is 3. The molecule has 2 N–H and O–H groups in total. The lowest BCUT2D eigenvalue weighted by atomic mass is 9.99. The number of carbonyl (C=O) groups excluding carboxylic acids is 1. The van der Waals surface area contributed by atoms with Crippen LogP contribution in [0.4, 0.5) is 0 Å². The lowest BCUT2D eigenvalue weighted by Gasteiger charge is -2.18.